The van der Waals surface area contributed by atoms with Gasteiger partial charge in [-0.3, -0.25) is 0 Å². The summed E-state index contributed by atoms with van der Waals surface area (Å²) in [6.07, 6.45) is 6.61. The lowest BCUT2D eigenvalue weighted by atomic mass is 9.73. The summed E-state index contributed by atoms with van der Waals surface area (Å²) >= 11 is 8.20. The van der Waals surface area contributed by atoms with E-state index in [1.54, 1.807) is 12.4 Å². The quantitative estimate of drug-likeness (QED) is 0.477. The van der Waals surface area contributed by atoms with Gasteiger partial charge in [0, 0.05) is 48.6 Å². The number of hydrogen-bond acceptors (Lipinski definition) is 10. The number of hydrogen-bond donors (Lipinski definition) is 2. The van der Waals surface area contributed by atoms with Gasteiger partial charge in [0.25, 0.3) is 0 Å². The lowest BCUT2D eigenvalue weighted by Crippen LogP contribution is -2.56. The molecule has 41 heavy (non-hydrogen) atoms. The van der Waals surface area contributed by atoms with Crippen LogP contribution in [0.4, 0.5) is 16.4 Å². The molecule has 3 fully saturated rings. The number of alkyl carbamates (subject to hydrolysis) is 1. The average Bonchev–Trinajstić information content (AvgIpc) is 3.14. The molecule has 12 heteroatoms. The summed E-state index contributed by atoms with van der Waals surface area (Å²) in [7, 11) is 0. The molecule has 1 amide bonds. The number of ether oxygens (including phenoxy) is 2. The highest BCUT2D eigenvalue weighted by Crippen LogP contribution is 2.43. The first-order chi connectivity index (χ1) is 19.2. The van der Waals surface area contributed by atoms with E-state index in [1.165, 1.54) is 11.8 Å². The predicted octanol–water partition coefficient (Wildman–Crippen LogP) is 4.78. The van der Waals surface area contributed by atoms with Crippen LogP contribution >= 0.6 is 23.4 Å². The van der Waals surface area contributed by atoms with Crippen LogP contribution in [-0.4, -0.2) is 82.3 Å². The molecule has 10 nitrogen and oxygen atoms in total. The van der Waals surface area contributed by atoms with Crippen molar-refractivity contribution in [3.05, 3.63) is 29.7 Å². The van der Waals surface area contributed by atoms with Crippen molar-refractivity contribution >= 4 is 41.1 Å². The molecule has 3 aliphatic heterocycles. The number of carbonyl (C=O) groups is 1. The van der Waals surface area contributed by atoms with E-state index in [4.69, 9.17) is 26.1 Å². The Morgan fingerprint density at radius 1 is 1.15 bits per heavy atom. The fourth-order valence-electron chi connectivity index (χ4n) is 5.77. The maximum atomic E-state index is 12.5. The van der Waals surface area contributed by atoms with Gasteiger partial charge in [0.05, 0.1) is 41.8 Å². The summed E-state index contributed by atoms with van der Waals surface area (Å²) in [5.41, 5.74) is -1.40. The van der Waals surface area contributed by atoms with Crippen molar-refractivity contribution in [3.8, 4) is 0 Å². The molecule has 2 atom stereocenters. The van der Waals surface area contributed by atoms with Gasteiger partial charge in [-0.15, -0.1) is 0 Å². The fourth-order valence-corrected chi connectivity index (χ4v) is 6.87. The molecule has 0 radical (unpaired) electrons. The number of amides is 1. The molecule has 2 N–H and O–H groups in total. The number of aromatic nitrogens is 3. The minimum absolute atomic E-state index is 0.0743. The van der Waals surface area contributed by atoms with Gasteiger partial charge in [0.15, 0.2) is 0 Å². The zero-order valence-corrected chi connectivity index (χ0v) is 26.3. The molecular weight excluding hydrogens is 564 g/mol. The van der Waals surface area contributed by atoms with E-state index in [0.29, 0.717) is 11.6 Å². The number of carbonyl (C=O) groups excluding carboxylic acids is 1. The van der Waals surface area contributed by atoms with E-state index in [0.717, 1.165) is 60.6 Å². The van der Waals surface area contributed by atoms with Gasteiger partial charge in [-0.2, -0.15) is 0 Å². The number of piperidine rings is 1. The van der Waals surface area contributed by atoms with Crippen LogP contribution in [0, 0.1) is 11.3 Å². The first-order valence-electron chi connectivity index (χ1n) is 14.2. The zero-order chi connectivity index (χ0) is 29.6. The first-order valence-corrected chi connectivity index (χ1v) is 15.4. The molecule has 5 rings (SSSR count). The van der Waals surface area contributed by atoms with Gasteiger partial charge >= 0.3 is 6.09 Å². The zero-order valence-electron chi connectivity index (χ0n) is 24.7. The Morgan fingerprint density at radius 2 is 1.85 bits per heavy atom. The number of anilines is 2. The Balaban J connectivity index is 1.18. The molecule has 2 aromatic rings. The Kier molecular flexibility index (Phi) is 8.37. The summed E-state index contributed by atoms with van der Waals surface area (Å²) in [6, 6.07) is 1.78. The van der Waals surface area contributed by atoms with Gasteiger partial charge in [-0.05, 0) is 60.5 Å². The minimum atomic E-state index is -0.719. The summed E-state index contributed by atoms with van der Waals surface area (Å²) in [5.74, 6) is 1.75. The van der Waals surface area contributed by atoms with Crippen molar-refractivity contribution in [3.63, 3.8) is 0 Å². The Morgan fingerprint density at radius 3 is 2.46 bits per heavy atom. The second kappa shape index (κ2) is 11.4. The van der Waals surface area contributed by atoms with Crippen molar-refractivity contribution < 1.29 is 19.4 Å². The Labute approximate surface area is 251 Å². The summed E-state index contributed by atoms with van der Waals surface area (Å²) < 4.78 is 11.5. The topological polar surface area (TPSA) is 113 Å². The molecule has 0 bridgehead atoms. The Bertz CT molecular complexity index is 1240. The lowest BCUT2D eigenvalue weighted by molar-refractivity contribution is 0.00437. The number of rotatable bonds is 6. The maximum Gasteiger partial charge on any atom is 0.407 e. The molecule has 0 aliphatic carbocycles. The molecule has 224 valence electrons. The maximum absolute atomic E-state index is 12.5. The second-order valence-electron chi connectivity index (χ2n) is 13.0. The number of halogens is 1. The number of pyridine rings is 1. The van der Waals surface area contributed by atoms with Gasteiger partial charge in [-0.25, -0.2) is 19.7 Å². The predicted molar refractivity (Wildman–Crippen MR) is 160 cm³/mol. The van der Waals surface area contributed by atoms with E-state index in [9.17, 15) is 9.90 Å². The van der Waals surface area contributed by atoms with Crippen LogP contribution in [0.15, 0.2) is 34.6 Å². The Hall–Kier alpha value is -2.34. The molecule has 1 spiro atoms. The van der Waals surface area contributed by atoms with E-state index in [-0.39, 0.29) is 23.5 Å². The lowest BCUT2D eigenvalue weighted by Gasteiger charge is -2.46. The second-order valence-corrected chi connectivity index (χ2v) is 14.4. The molecule has 3 saturated heterocycles. The number of aliphatic hydroxyl groups is 1. The van der Waals surface area contributed by atoms with E-state index in [2.05, 4.69) is 25.1 Å². The first kappa shape index (κ1) is 30.1. The van der Waals surface area contributed by atoms with Crippen molar-refractivity contribution in [2.45, 2.75) is 87.7 Å². The van der Waals surface area contributed by atoms with Crippen LogP contribution in [0.3, 0.4) is 0 Å². The van der Waals surface area contributed by atoms with Gasteiger partial charge in [0.2, 0.25) is 0 Å². The van der Waals surface area contributed by atoms with Crippen LogP contribution in [0.2, 0.25) is 5.02 Å². The highest BCUT2D eigenvalue weighted by Gasteiger charge is 2.50. The van der Waals surface area contributed by atoms with Gasteiger partial charge < -0.3 is 29.7 Å². The summed E-state index contributed by atoms with van der Waals surface area (Å²) in [4.78, 5) is 31.6. The van der Waals surface area contributed by atoms with Crippen LogP contribution < -0.4 is 15.1 Å². The standard InChI is InChI=1S/C29H41ClN6O4S/c1-18-24(34-26(37)40-27(2,3)4)29(17-39-18)8-11-35(12-9-29)21-13-33-22(14-32-21)41-20-7-10-31-25(23(20)30)36-15-19(16-36)28(5,6)38/h7,10,13-14,18-19,24,38H,8-9,11-12,15-17H2,1-6H3,(H,34,37)/t18-,24+/m0/s1. The molecule has 0 unspecified atom stereocenters. The van der Waals surface area contributed by atoms with Crippen molar-refractivity contribution in [2.24, 2.45) is 11.3 Å². The molecule has 2 aromatic heterocycles. The smallest absolute Gasteiger partial charge is 0.407 e. The van der Waals surface area contributed by atoms with Crippen LogP contribution in [0.1, 0.15) is 54.4 Å². The highest BCUT2D eigenvalue weighted by atomic mass is 35.5. The third-order valence-electron chi connectivity index (χ3n) is 8.36. The van der Waals surface area contributed by atoms with Crippen molar-refractivity contribution in [1.82, 2.24) is 20.3 Å². The summed E-state index contributed by atoms with van der Waals surface area (Å²) in [5, 5.41) is 14.7. The highest BCUT2D eigenvalue weighted by molar-refractivity contribution is 7.99. The van der Waals surface area contributed by atoms with Gasteiger partial charge in [-0.1, -0.05) is 23.4 Å². The molecular formula is C29H41ClN6O4S. The number of nitrogens with zero attached hydrogens (tertiary/aromatic N) is 5. The van der Waals surface area contributed by atoms with Crippen LogP contribution in [0.5, 0.6) is 0 Å². The van der Waals surface area contributed by atoms with E-state index in [1.807, 2.05) is 53.8 Å². The van der Waals surface area contributed by atoms with E-state index >= 15 is 0 Å². The molecule has 3 aliphatic rings. The fraction of sp³-hybridized carbons (Fsp3) is 0.655. The minimum Gasteiger partial charge on any atom is -0.444 e. The van der Waals surface area contributed by atoms with Crippen LogP contribution in [-0.2, 0) is 9.47 Å². The SMILES string of the molecule is C[C@@H]1OCC2(CCN(c3cnc(Sc4ccnc(N5CC(C(C)(C)O)C5)c4Cl)cn3)CC2)[C@@H]1NC(=O)OC(C)(C)C. The monoisotopic (exact) mass is 604 g/mol. The van der Waals surface area contributed by atoms with E-state index < -0.39 is 17.3 Å². The van der Waals surface area contributed by atoms with Crippen LogP contribution in [0.25, 0.3) is 0 Å². The molecule has 0 saturated carbocycles. The van der Waals surface area contributed by atoms with Gasteiger partial charge in [0.1, 0.15) is 22.3 Å². The third kappa shape index (κ3) is 6.68. The van der Waals surface area contributed by atoms with Crippen molar-refractivity contribution in [1.29, 1.82) is 0 Å². The number of nitrogens with one attached hydrogen (secondary N) is 1. The molecule has 5 heterocycles. The summed E-state index contributed by atoms with van der Waals surface area (Å²) in [6.45, 7) is 14.9. The van der Waals surface area contributed by atoms with Crippen molar-refractivity contribution in [2.75, 3.05) is 42.6 Å². The largest absolute Gasteiger partial charge is 0.444 e. The normalized spacial score (nSPS) is 23.0. The average molecular weight is 605 g/mol. The third-order valence-corrected chi connectivity index (χ3v) is 9.83. The molecule has 0 aromatic carbocycles.